The van der Waals surface area contributed by atoms with Crippen molar-refractivity contribution in [1.29, 1.82) is 0 Å². The Hall–Kier alpha value is -2.98. The highest BCUT2D eigenvalue weighted by atomic mass is 32.2. The van der Waals surface area contributed by atoms with Crippen LogP contribution >= 0.6 is 0 Å². The van der Waals surface area contributed by atoms with E-state index < -0.39 is 10.0 Å². The summed E-state index contributed by atoms with van der Waals surface area (Å²) in [6, 6.07) is 8.18. The topological polar surface area (TPSA) is 106 Å². The van der Waals surface area contributed by atoms with Crippen LogP contribution in [0.4, 0.5) is 5.69 Å². The zero-order valence-electron chi connectivity index (χ0n) is 19.2. The SMILES string of the molecule is Cc1cc(C)c2c(OCC(=O)Nc3ccc(S(=O)(=O)N4CCCCCC4)cc3)nn(C)c2n1. The number of anilines is 1. The van der Waals surface area contributed by atoms with Crippen LogP contribution in [0.2, 0.25) is 0 Å². The number of benzene rings is 1. The lowest BCUT2D eigenvalue weighted by atomic mass is 10.2. The second-order valence-corrected chi connectivity index (χ2v) is 10.3. The fourth-order valence-corrected chi connectivity index (χ4v) is 5.64. The molecule has 1 aliphatic heterocycles. The fraction of sp³-hybridized carbons (Fsp3) is 0.435. The first kappa shape index (κ1) is 23.2. The molecule has 9 nitrogen and oxygen atoms in total. The van der Waals surface area contributed by atoms with Gasteiger partial charge in [-0.3, -0.25) is 4.79 Å². The molecule has 3 aromatic rings. The lowest BCUT2D eigenvalue weighted by Crippen LogP contribution is -2.31. The quantitative estimate of drug-likeness (QED) is 0.592. The molecular formula is C23H29N5O4S. The van der Waals surface area contributed by atoms with Crippen molar-refractivity contribution in [3.8, 4) is 5.88 Å². The third-order valence-electron chi connectivity index (χ3n) is 5.77. The number of hydrogen-bond acceptors (Lipinski definition) is 6. The van der Waals surface area contributed by atoms with E-state index >= 15 is 0 Å². The molecule has 2 aromatic heterocycles. The van der Waals surface area contributed by atoms with Gasteiger partial charge in [-0.2, -0.15) is 4.31 Å². The van der Waals surface area contributed by atoms with E-state index in [0.29, 0.717) is 30.3 Å². The summed E-state index contributed by atoms with van der Waals surface area (Å²) in [7, 11) is -1.74. The number of ether oxygens (including phenoxy) is 1. The van der Waals surface area contributed by atoms with E-state index in [1.54, 1.807) is 28.2 Å². The number of amides is 1. The van der Waals surface area contributed by atoms with Crippen molar-refractivity contribution in [2.24, 2.45) is 7.05 Å². The minimum Gasteiger partial charge on any atom is -0.466 e. The van der Waals surface area contributed by atoms with Gasteiger partial charge in [0, 0.05) is 31.5 Å². The Bertz CT molecular complexity index is 1260. The molecule has 176 valence electrons. The van der Waals surface area contributed by atoms with Crippen molar-refractivity contribution in [2.45, 2.75) is 44.4 Å². The number of nitrogens with zero attached hydrogens (tertiary/aromatic N) is 4. The summed E-state index contributed by atoms with van der Waals surface area (Å²) in [6.45, 7) is 4.74. The molecule has 1 amide bonds. The summed E-state index contributed by atoms with van der Waals surface area (Å²) in [5, 5.41) is 7.85. The largest absolute Gasteiger partial charge is 0.466 e. The first-order valence-corrected chi connectivity index (χ1v) is 12.5. The Morgan fingerprint density at radius 1 is 1.09 bits per heavy atom. The Morgan fingerprint density at radius 3 is 2.42 bits per heavy atom. The molecule has 0 spiro atoms. The minimum absolute atomic E-state index is 0.229. The molecule has 0 saturated carbocycles. The molecular weight excluding hydrogens is 442 g/mol. The maximum absolute atomic E-state index is 12.9. The summed E-state index contributed by atoms with van der Waals surface area (Å²) in [6.07, 6.45) is 3.88. The normalized spacial score (nSPS) is 15.4. The van der Waals surface area contributed by atoms with Crippen molar-refractivity contribution >= 4 is 32.7 Å². The average Bonchev–Trinajstić information content (AvgIpc) is 2.94. The van der Waals surface area contributed by atoms with Crippen LogP contribution in [0.3, 0.4) is 0 Å². The van der Waals surface area contributed by atoms with Crippen LogP contribution in [0.5, 0.6) is 5.88 Å². The first-order chi connectivity index (χ1) is 15.8. The molecule has 10 heteroatoms. The van der Waals surface area contributed by atoms with Crippen molar-refractivity contribution in [2.75, 3.05) is 25.0 Å². The number of carbonyl (C=O) groups excluding carboxylic acids is 1. The van der Waals surface area contributed by atoms with Gasteiger partial charge in [0.2, 0.25) is 15.9 Å². The second-order valence-electron chi connectivity index (χ2n) is 8.39. The number of aryl methyl sites for hydroxylation is 3. The molecule has 1 aliphatic rings. The Morgan fingerprint density at radius 2 is 1.76 bits per heavy atom. The second kappa shape index (κ2) is 9.48. The van der Waals surface area contributed by atoms with Crippen LogP contribution in [-0.2, 0) is 21.9 Å². The molecule has 4 rings (SSSR count). The van der Waals surface area contributed by atoms with Gasteiger partial charge < -0.3 is 10.1 Å². The van der Waals surface area contributed by atoms with Crippen molar-refractivity contribution in [3.63, 3.8) is 0 Å². The van der Waals surface area contributed by atoms with Crippen LogP contribution < -0.4 is 10.1 Å². The fourth-order valence-electron chi connectivity index (χ4n) is 4.12. The number of carbonyl (C=O) groups is 1. The molecule has 0 unspecified atom stereocenters. The molecule has 1 N–H and O–H groups in total. The highest BCUT2D eigenvalue weighted by Crippen LogP contribution is 2.27. The van der Waals surface area contributed by atoms with Crippen molar-refractivity contribution in [3.05, 3.63) is 41.6 Å². The lowest BCUT2D eigenvalue weighted by Gasteiger charge is -2.20. The number of rotatable bonds is 6. The number of aromatic nitrogens is 3. The van der Waals surface area contributed by atoms with Gasteiger partial charge in [-0.1, -0.05) is 12.8 Å². The Balaban J connectivity index is 1.40. The summed E-state index contributed by atoms with van der Waals surface area (Å²) < 4.78 is 34.7. The van der Waals surface area contributed by atoms with Gasteiger partial charge in [0.25, 0.3) is 5.91 Å². The van der Waals surface area contributed by atoms with Crippen molar-refractivity contribution in [1.82, 2.24) is 19.1 Å². The Kier molecular flexibility index (Phi) is 6.66. The van der Waals surface area contributed by atoms with Crippen LogP contribution in [-0.4, -0.2) is 53.1 Å². The standard InChI is InChI=1S/C23H29N5O4S/c1-16-14-17(2)24-22-21(16)23(26-27(22)3)32-15-20(29)25-18-8-10-19(11-9-18)33(30,31)28-12-6-4-5-7-13-28/h8-11,14H,4-7,12-13,15H2,1-3H3,(H,25,29). The minimum atomic E-state index is -3.52. The molecule has 0 radical (unpaired) electrons. The molecule has 0 bridgehead atoms. The third kappa shape index (κ3) is 5.01. The van der Waals surface area contributed by atoms with E-state index in [0.717, 1.165) is 42.3 Å². The van der Waals surface area contributed by atoms with Gasteiger partial charge in [0.15, 0.2) is 12.3 Å². The molecule has 1 saturated heterocycles. The zero-order chi connectivity index (χ0) is 23.6. The van der Waals surface area contributed by atoms with Gasteiger partial charge in [-0.15, -0.1) is 5.10 Å². The number of fused-ring (bicyclic) bond motifs is 1. The monoisotopic (exact) mass is 471 g/mol. The number of nitrogens with one attached hydrogen (secondary N) is 1. The number of sulfonamides is 1. The molecule has 0 atom stereocenters. The average molecular weight is 472 g/mol. The van der Waals surface area contributed by atoms with E-state index in [4.69, 9.17) is 4.74 Å². The van der Waals surface area contributed by atoms with Gasteiger partial charge in [-0.25, -0.2) is 18.1 Å². The number of hydrogen-bond donors (Lipinski definition) is 1. The van der Waals surface area contributed by atoms with E-state index in [1.165, 1.54) is 12.1 Å². The maximum atomic E-state index is 12.9. The lowest BCUT2D eigenvalue weighted by molar-refractivity contribution is -0.118. The summed E-state index contributed by atoms with van der Waals surface area (Å²) in [5.74, 6) is -0.0128. The van der Waals surface area contributed by atoms with Gasteiger partial charge in [-0.05, 0) is 62.6 Å². The molecule has 33 heavy (non-hydrogen) atoms. The van der Waals surface area contributed by atoms with Crippen LogP contribution in [0.1, 0.15) is 36.9 Å². The Labute approximate surface area is 193 Å². The van der Waals surface area contributed by atoms with E-state index in [2.05, 4.69) is 15.4 Å². The first-order valence-electron chi connectivity index (χ1n) is 11.1. The van der Waals surface area contributed by atoms with Crippen LogP contribution in [0.25, 0.3) is 11.0 Å². The molecule has 0 aliphatic carbocycles. The zero-order valence-corrected chi connectivity index (χ0v) is 20.0. The summed E-state index contributed by atoms with van der Waals surface area (Å²) in [5.41, 5.74) is 3.05. The van der Waals surface area contributed by atoms with Gasteiger partial charge in [0.05, 0.1) is 10.3 Å². The molecule has 1 aromatic carbocycles. The highest BCUT2D eigenvalue weighted by molar-refractivity contribution is 7.89. The van der Waals surface area contributed by atoms with Gasteiger partial charge in [0.1, 0.15) is 0 Å². The summed E-state index contributed by atoms with van der Waals surface area (Å²) >= 11 is 0. The van der Waals surface area contributed by atoms with Gasteiger partial charge >= 0.3 is 0 Å². The molecule has 3 heterocycles. The smallest absolute Gasteiger partial charge is 0.262 e. The number of pyridine rings is 1. The van der Waals surface area contributed by atoms with E-state index in [1.807, 2.05) is 19.9 Å². The van der Waals surface area contributed by atoms with Crippen molar-refractivity contribution < 1.29 is 17.9 Å². The maximum Gasteiger partial charge on any atom is 0.262 e. The summed E-state index contributed by atoms with van der Waals surface area (Å²) in [4.78, 5) is 17.1. The van der Waals surface area contributed by atoms with Crippen LogP contribution in [0, 0.1) is 13.8 Å². The van der Waals surface area contributed by atoms with E-state index in [9.17, 15) is 13.2 Å². The predicted molar refractivity (Wildman–Crippen MR) is 126 cm³/mol. The van der Waals surface area contributed by atoms with E-state index in [-0.39, 0.29) is 17.4 Å². The van der Waals surface area contributed by atoms with Crippen LogP contribution in [0.15, 0.2) is 35.2 Å². The third-order valence-corrected chi connectivity index (χ3v) is 7.68. The predicted octanol–water partition coefficient (Wildman–Crippen LogP) is 3.17. The molecule has 1 fully saturated rings. The highest BCUT2D eigenvalue weighted by Gasteiger charge is 2.25.